The summed E-state index contributed by atoms with van der Waals surface area (Å²) in [5.41, 5.74) is 9.58. The van der Waals surface area contributed by atoms with Gasteiger partial charge in [-0.15, -0.1) is 0 Å². The van der Waals surface area contributed by atoms with Crippen molar-refractivity contribution in [1.29, 1.82) is 0 Å². The zero-order valence-corrected chi connectivity index (χ0v) is 18.9. The molecule has 2 aromatic heterocycles. The van der Waals surface area contributed by atoms with Crippen molar-refractivity contribution < 1.29 is 9.18 Å². The molecule has 0 bridgehead atoms. The first-order chi connectivity index (χ1) is 16.5. The Labute approximate surface area is 196 Å². The van der Waals surface area contributed by atoms with Gasteiger partial charge >= 0.3 is 0 Å². The topological polar surface area (TPSA) is 102 Å². The van der Waals surface area contributed by atoms with Gasteiger partial charge in [-0.3, -0.25) is 4.79 Å². The van der Waals surface area contributed by atoms with Crippen LogP contribution in [0.15, 0.2) is 54.9 Å². The third-order valence-corrected chi connectivity index (χ3v) is 6.23. The molecule has 174 valence electrons. The normalized spacial score (nSPS) is 16.0. The Morgan fingerprint density at radius 3 is 2.74 bits per heavy atom. The first-order valence-electron chi connectivity index (χ1n) is 11.3. The number of carbonyl (C=O) groups excluding carboxylic acids is 1. The van der Waals surface area contributed by atoms with Crippen LogP contribution in [0.1, 0.15) is 34.8 Å². The van der Waals surface area contributed by atoms with Gasteiger partial charge < -0.3 is 16.0 Å². The van der Waals surface area contributed by atoms with Crippen LogP contribution in [0.2, 0.25) is 0 Å². The number of halogens is 1. The molecule has 5 rings (SSSR count). The van der Waals surface area contributed by atoms with Gasteiger partial charge in [0.05, 0.1) is 17.0 Å². The summed E-state index contributed by atoms with van der Waals surface area (Å²) in [6.45, 7) is 2.19. The highest BCUT2D eigenvalue weighted by atomic mass is 19.1. The standard InChI is InChI=1S/C25H26FN7O/c1-32(25(34)19-6-2-3-7-20(19)26)14-16-8-10-17(11-9-16)22-21-23(27)29-15-30-24(21)33(31-22)18-5-4-12-28-13-18/h2-3,6-11,15,18,28H,4-5,12-14H2,1H3,(H2,27,29,30)/t18-/m1/s1. The summed E-state index contributed by atoms with van der Waals surface area (Å²) in [5, 5.41) is 9.06. The van der Waals surface area contributed by atoms with Crippen LogP contribution in [0.5, 0.6) is 0 Å². The van der Waals surface area contributed by atoms with E-state index < -0.39 is 5.82 Å². The number of amides is 1. The largest absolute Gasteiger partial charge is 0.383 e. The molecule has 0 aliphatic carbocycles. The lowest BCUT2D eigenvalue weighted by Gasteiger charge is -2.23. The van der Waals surface area contributed by atoms with Crippen LogP contribution >= 0.6 is 0 Å². The number of benzene rings is 2. The lowest BCUT2D eigenvalue weighted by atomic mass is 10.1. The van der Waals surface area contributed by atoms with Gasteiger partial charge in [0.1, 0.15) is 23.7 Å². The fourth-order valence-corrected chi connectivity index (χ4v) is 4.45. The number of nitrogens with two attached hydrogens (primary N) is 1. The molecule has 0 saturated carbocycles. The molecule has 2 aromatic carbocycles. The molecule has 8 nitrogen and oxygen atoms in total. The highest BCUT2D eigenvalue weighted by Gasteiger charge is 2.23. The maximum Gasteiger partial charge on any atom is 0.256 e. The minimum Gasteiger partial charge on any atom is -0.383 e. The third-order valence-electron chi connectivity index (χ3n) is 6.23. The Kier molecular flexibility index (Phi) is 5.93. The number of fused-ring (bicyclic) bond motifs is 1. The van der Waals surface area contributed by atoms with E-state index in [0.29, 0.717) is 12.4 Å². The van der Waals surface area contributed by atoms with E-state index in [9.17, 15) is 9.18 Å². The first kappa shape index (κ1) is 22.0. The summed E-state index contributed by atoms with van der Waals surface area (Å²) in [4.78, 5) is 22.8. The van der Waals surface area contributed by atoms with Gasteiger partial charge in [0.25, 0.3) is 5.91 Å². The van der Waals surface area contributed by atoms with E-state index in [1.165, 1.54) is 23.4 Å². The number of hydrogen-bond acceptors (Lipinski definition) is 6. The monoisotopic (exact) mass is 459 g/mol. The van der Waals surface area contributed by atoms with E-state index in [0.717, 1.165) is 53.8 Å². The molecule has 0 radical (unpaired) electrons. The SMILES string of the molecule is CN(Cc1ccc(-c2nn([C@@H]3CCCNC3)c3ncnc(N)c23)cc1)C(=O)c1ccccc1F. The van der Waals surface area contributed by atoms with Crippen molar-refractivity contribution in [3.05, 3.63) is 71.8 Å². The molecule has 1 amide bonds. The van der Waals surface area contributed by atoms with Crippen LogP contribution in [0.25, 0.3) is 22.3 Å². The summed E-state index contributed by atoms with van der Waals surface area (Å²) in [7, 11) is 1.66. The average Bonchev–Trinajstić information content (AvgIpc) is 3.26. The molecule has 1 fully saturated rings. The number of piperidine rings is 1. The third kappa shape index (κ3) is 4.10. The molecule has 4 aromatic rings. The summed E-state index contributed by atoms with van der Waals surface area (Å²) >= 11 is 0. The van der Waals surface area contributed by atoms with Crippen LogP contribution < -0.4 is 11.1 Å². The number of hydrogen-bond donors (Lipinski definition) is 2. The van der Waals surface area contributed by atoms with Crippen molar-refractivity contribution in [2.75, 3.05) is 25.9 Å². The fourth-order valence-electron chi connectivity index (χ4n) is 4.45. The second kappa shape index (κ2) is 9.18. The molecule has 9 heteroatoms. The van der Waals surface area contributed by atoms with Crippen molar-refractivity contribution in [3.63, 3.8) is 0 Å². The van der Waals surface area contributed by atoms with Crippen LogP contribution in [-0.4, -0.2) is 50.7 Å². The highest BCUT2D eigenvalue weighted by Crippen LogP contribution is 2.33. The number of nitrogen functional groups attached to an aromatic ring is 1. The Hall–Kier alpha value is -3.85. The summed E-state index contributed by atoms with van der Waals surface area (Å²) in [5.74, 6) is -0.489. The fraction of sp³-hybridized carbons (Fsp3) is 0.280. The van der Waals surface area contributed by atoms with Gasteiger partial charge in [-0.2, -0.15) is 5.10 Å². The average molecular weight is 460 g/mol. The molecule has 1 saturated heterocycles. The van der Waals surface area contributed by atoms with Crippen molar-refractivity contribution in [3.8, 4) is 11.3 Å². The van der Waals surface area contributed by atoms with Gasteiger partial charge in [0.15, 0.2) is 5.65 Å². The molecule has 1 atom stereocenters. The molecule has 3 N–H and O–H groups in total. The lowest BCUT2D eigenvalue weighted by molar-refractivity contribution is 0.0780. The van der Waals surface area contributed by atoms with E-state index in [1.54, 1.807) is 19.2 Å². The molecule has 0 spiro atoms. The molecule has 1 aliphatic rings. The number of nitrogens with zero attached hydrogens (tertiary/aromatic N) is 5. The molecular formula is C25H26FN7O. The quantitative estimate of drug-likeness (QED) is 0.474. The highest BCUT2D eigenvalue weighted by molar-refractivity contribution is 5.98. The predicted molar refractivity (Wildman–Crippen MR) is 129 cm³/mol. The van der Waals surface area contributed by atoms with E-state index in [1.807, 2.05) is 28.9 Å². The number of rotatable bonds is 5. The molecule has 1 aliphatic heterocycles. The Morgan fingerprint density at radius 2 is 2.00 bits per heavy atom. The molecule has 34 heavy (non-hydrogen) atoms. The number of nitrogens with one attached hydrogen (secondary N) is 1. The molecular weight excluding hydrogens is 433 g/mol. The number of aromatic nitrogens is 4. The van der Waals surface area contributed by atoms with E-state index in [-0.39, 0.29) is 17.5 Å². The first-order valence-corrected chi connectivity index (χ1v) is 11.3. The number of carbonyl (C=O) groups is 1. The second-order valence-electron chi connectivity index (χ2n) is 8.59. The maximum absolute atomic E-state index is 14.0. The minimum atomic E-state index is -0.523. The molecule has 3 heterocycles. The zero-order chi connectivity index (χ0) is 23.7. The second-order valence-corrected chi connectivity index (χ2v) is 8.59. The lowest BCUT2D eigenvalue weighted by Crippen LogP contribution is -2.32. The van der Waals surface area contributed by atoms with Gasteiger partial charge in [-0.05, 0) is 37.1 Å². The van der Waals surface area contributed by atoms with Crippen LogP contribution in [0, 0.1) is 5.82 Å². The van der Waals surface area contributed by atoms with E-state index in [4.69, 9.17) is 10.8 Å². The van der Waals surface area contributed by atoms with E-state index >= 15 is 0 Å². The van der Waals surface area contributed by atoms with Gasteiger partial charge in [0.2, 0.25) is 0 Å². The van der Waals surface area contributed by atoms with Crippen molar-refractivity contribution in [2.45, 2.75) is 25.4 Å². The predicted octanol–water partition coefficient (Wildman–Crippen LogP) is 3.41. The van der Waals surface area contributed by atoms with Gasteiger partial charge in [-0.25, -0.2) is 19.0 Å². The van der Waals surface area contributed by atoms with Gasteiger partial charge in [-0.1, -0.05) is 36.4 Å². The Balaban J connectivity index is 1.42. The summed E-state index contributed by atoms with van der Waals surface area (Å²) in [6.07, 6.45) is 3.57. The van der Waals surface area contributed by atoms with Crippen LogP contribution in [-0.2, 0) is 6.54 Å². The summed E-state index contributed by atoms with van der Waals surface area (Å²) in [6, 6.07) is 14.0. The van der Waals surface area contributed by atoms with E-state index in [2.05, 4.69) is 15.3 Å². The maximum atomic E-state index is 14.0. The van der Waals surface area contributed by atoms with Crippen molar-refractivity contribution in [2.24, 2.45) is 0 Å². The summed E-state index contributed by atoms with van der Waals surface area (Å²) < 4.78 is 16.0. The Bertz CT molecular complexity index is 1330. The van der Waals surface area contributed by atoms with Crippen LogP contribution in [0.3, 0.4) is 0 Å². The van der Waals surface area contributed by atoms with Crippen molar-refractivity contribution in [1.82, 2.24) is 30.0 Å². The number of anilines is 1. The van der Waals surface area contributed by atoms with Crippen molar-refractivity contribution >= 4 is 22.8 Å². The van der Waals surface area contributed by atoms with Crippen LogP contribution in [0.4, 0.5) is 10.2 Å². The smallest absolute Gasteiger partial charge is 0.256 e. The molecule has 0 unspecified atom stereocenters. The minimum absolute atomic E-state index is 0.0614. The van der Waals surface area contributed by atoms with Gasteiger partial charge in [0, 0.05) is 25.7 Å². The Morgan fingerprint density at radius 1 is 1.21 bits per heavy atom. The zero-order valence-electron chi connectivity index (χ0n) is 18.9.